The van der Waals surface area contributed by atoms with Crippen molar-refractivity contribution in [3.8, 4) is 0 Å². The molecule has 0 saturated heterocycles. The lowest BCUT2D eigenvalue weighted by Crippen LogP contribution is -2.27. The lowest BCUT2D eigenvalue weighted by molar-refractivity contribution is 0.0636. The van der Waals surface area contributed by atoms with Crippen LogP contribution in [0, 0.1) is 0 Å². The van der Waals surface area contributed by atoms with Gasteiger partial charge in [-0.25, -0.2) is 4.79 Å². The normalized spacial score (nSPS) is 13.2. The molecular formula is C15H22N2O3. The number of anilines is 1. The van der Waals surface area contributed by atoms with E-state index in [1.54, 1.807) is 6.07 Å². The molecule has 0 aliphatic carbocycles. The highest BCUT2D eigenvalue weighted by atomic mass is 16.6. The first-order valence-electron chi connectivity index (χ1n) is 6.57. The number of ether oxygens (including phenoxy) is 1. The molecule has 1 aromatic rings. The van der Waals surface area contributed by atoms with Gasteiger partial charge in [0.15, 0.2) is 0 Å². The first-order valence-corrected chi connectivity index (χ1v) is 6.57. The van der Waals surface area contributed by atoms with Gasteiger partial charge in [0.05, 0.1) is 0 Å². The molecular weight excluding hydrogens is 256 g/mol. The van der Waals surface area contributed by atoms with Crippen LogP contribution in [-0.2, 0) is 4.74 Å². The van der Waals surface area contributed by atoms with Gasteiger partial charge in [0, 0.05) is 11.9 Å². The van der Waals surface area contributed by atoms with Gasteiger partial charge in [-0.15, -0.1) is 5.16 Å². The van der Waals surface area contributed by atoms with Crippen molar-refractivity contribution in [1.82, 2.24) is 0 Å². The van der Waals surface area contributed by atoms with Crippen LogP contribution in [0.4, 0.5) is 10.5 Å². The predicted molar refractivity (Wildman–Crippen MR) is 79.6 cm³/mol. The average Bonchev–Trinajstić information content (AvgIpc) is 2.33. The number of nitrogens with zero attached hydrogens (tertiary/aromatic N) is 1. The largest absolute Gasteiger partial charge is 0.444 e. The molecule has 0 saturated carbocycles. The highest BCUT2D eigenvalue weighted by Gasteiger charge is 2.16. The topological polar surface area (TPSA) is 70.9 Å². The van der Waals surface area contributed by atoms with E-state index < -0.39 is 11.7 Å². The maximum Gasteiger partial charge on any atom is 0.412 e. The van der Waals surface area contributed by atoms with Crippen molar-refractivity contribution in [2.75, 3.05) is 5.32 Å². The summed E-state index contributed by atoms with van der Waals surface area (Å²) >= 11 is 0. The summed E-state index contributed by atoms with van der Waals surface area (Å²) in [4.78, 5) is 11.7. The molecule has 2 N–H and O–H groups in total. The Morgan fingerprint density at radius 3 is 2.80 bits per heavy atom. The molecule has 0 aliphatic heterocycles. The summed E-state index contributed by atoms with van der Waals surface area (Å²) in [5.41, 5.74) is 1.22. The molecule has 0 heterocycles. The van der Waals surface area contributed by atoms with E-state index in [-0.39, 0.29) is 5.92 Å². The van der Waals surface area contributed by atoms with Crippen LogP contribution in [0.25, 0.3) is 0 Å². The molecule has 1 rings (SSSR count). The highest BCUT2D eigenvalue weighted by Crippen LogP contribution is 2.21. The number of carbonyl (C=O) groups excluding carboxylic acids is 1. The molecule has 1 amide bonds. The highest BCUT2D eigenvalue weighted by molar-refractivity contribution is 5.85. The fraction of sp³-hybridized carbons (Fsp3) is 0.467. The molecule has 5 heteroatoms. The van der Waals surface area contributed by atoms with Crippen molar-refractivity contribution in [3.63, 3.8) is 0 Å². The fourth-order valence-corrected chi connectivity index (χ4v) is 1.69. The van der Waals surface area contributed by atoms with Gasteiger partial charge in [0.2, 0.25) is 0 Å². The minimum atomic E-state index is -0.521. The van der Waals surface area contributed by atoms with Crippen LogP contribution in [0.15, 0.2) is 29.4 Å². The van der Waals surface area contributed by atoms with Gasteiger partial charge in [0.1, 0.15) is 5.60 Å². The molecule has 0 radical (unpaired) electrons. The van der Waals surface area contributed by atoms with Crippen molar-refractivity contribution in [2.45, 2.75) is 45.6 Å². The summed E-state index contributed by atoms with van der Waals surface area (Å²) < 4.78 is 5.20. The second-order valence-corrected chi connectivity index (χ2v) is 5.69. The lowest BCUT2D eigenvalue weighted by atomic mass is 9.98. The summed E-state index contributed by atoms with van der Waals surface area (Å²) in [7, 11) is 0. The molecule has 20 heavy (non-hydrogen) atoms. The van der Waals surface area contributed by atoms with Crippen LogP contribution < -0.4 is 5.32 Å². The molecule has 0 bridgehead atoms. The van der Waals surface area contributed by atoms with E-state index in [1.807, 2.05) is 45.9 Å². The van der Waals surface area contributed by atoms with E-state index in [2.05, 4.69) is 10.5 Å². The van der Waals surface area contributed by atoms with E-state index >= 15 is 0 Å². The number of amides is 1. The second-order valence-electron chi connectivity index (χ2n) is 5.69. The van der Waals surface area contributed by atoms with Crippen LogP contribution in [0.1, 0.15) is 45.6 Å². The van der Waals surface area contributed by atoms with Crippen molar-refractivity contribution >= 4 is 18.0 Å². The Morgan fingerprint density at radius 2 is 2.20 bits per heavy atom. The molecule has 0 spiro atoms. The third-order valence-corrected chi connectivity index (χ3v) is 2.64. The zero-order chi connectivity index (χ0) is 15.2. The lowest BCUT2D eigenvalue weighted by Gasteiger charge is -2.20. The van der Waals surface area contributed by atoms with Gasteiger partial charge in [-0.1, -0.05) is 19.1 Å². The van der Waals surface area contributed by atoms with Crippen LogP contribution in [0.5, 0.6) is 0 Å². The Bertz CT molecular complexity index is 478. The fourth-order valence-electron chi connectivity index (χ4n) is 1.69. The number of nitrogens with one attached hydrogen (secondary N) is 1. The molecule has 0 aromatic heterocycles. The molecule has 0 aliphatic rings. The Hall–Kier alpha value is -2.04. The van der Waals surface area contributed by atoms with Gasteiger partial charge in [-0.05, 0) is 50.8 Å². The van der Waals surface area contributed by atoms with Gasteiger partial charge in [-0.3, -0.25) is 5.32 Å². The number of hydrogen-bond acceptors (Lipinski definition) is 4. The number of carbonyl (C=O) groups is 1. The first kappa shape index (κ1) is 16.0. The number of oxime groups is 1. The maximum absolute atomic E-state index is 11.7. The number of hydrogen-bond donors (Lipinski definition) is 2. The summed E-state index contributed by atoms with van der Waals surface area (Å²) in [6, 6.07) is 7.53. The Morgan fingerprint density at radius 1 is 1.50 bits per heavy atom. The van der Waals surface area contributed by atoms with Gasteiger partial charge in [0.25, 0.3) is 0 Å². The van der Waals surface area contributed by atoms with E-state index in [1.165, 1.54) is 6.21 Å². The minimum Gasteiger partial charge on any atom is -0.444 e. The van der Waals surface area contributed by atoms with Crippen molar-refractivity contribution < 1.29 is 14.7 Å². The number of benzene rings is 1. The van der Waals surface area contributed by atoms with E-state index in [4.69, 9.17) is 9.94 Å². The van der Waals surface area contributed by atoms with Crippen LogP contribution in [0.3, 0.4) is 0 Å². The SMILES string of the molecule is CC(CC=NO)c1cccc(NC(=O)OC(C)(C)C)c1. The minimum absolute atomic E-state index is 0.200. The smallest absolute Gasteiger partial charge is 0.412 e. The van der Waals surface area contributed by atoms with E-state index in [0.717, 1.165) is 5.56 Å². The van der Waals surface area contributed by atoms with Crippen molar-refractivity contribution in [2.24, 2.45) is 5.16 Å². The Labute approximate surface area is 119 Å². The quantitative estimate of drug-likeness (QED) is 0.497. The van der Waals surface area contributed by atoms with Gasteiger partial charge < -0.3 is 9.94 Å². The zero-order valence-electron chi connectivity index (χ0n) is 12.4. The second kappa shape index (κ2) is 6.93. The van der Waals surface area contributed by atoms with E-state index in [0.29, 0.717) is 12.1 Å². The van der Waals surface area contributed by atoms with Crippen LogP contribution in [0.2, 0.25) is 0 Å². The van der Waals surface area contributed by atoms with Crippen molar-refractivity contribution in [1.29, 1.82) is 0 Å². The van der Waals surface area contributed by atoms with Crippen molar-refractivity contribution in [3.05, 3.63) is 29.8 Å². The van der Waals surface area contributed by atoms with Crippen LogP contribution >= 0.6 is 0 Å². The summed E-state index contributed by atoms with van der Waals surface area (Å²) in [5, 5.41) is 14.1. The third kappa shape index (κ3) is 5.73. The third-order valence-electron chi connectivity index (χ3n) is 2.64. The first-order chi connectivity index (χ1) is 9.31. The molecule has 1 aromatic carbocycles. The Balaban J connectivity index is 2.71. The molecule has 5 nitrogen and oxygen atoms in total. The maximum atomic E-state index is 11.7. The summed E-state index contributed by atoms with van der Waals surface area (Å²) in [6.07, 6.45) is 1.62. The monoisotopic (exact) mass is 278 g/mol. The molecule has 1 unspecified atom stereocenters. The standard InChI is InChI=1S/C15H22N2O3/c1-11(8-9-16-19)12-6-5-7-13(10-12)17-14(18)20-15(2,3)4/h5-7,9-11,19H,8H2,1-4H3,(H,17,18). The number of rotatable bonds is 4. The average molecular weight is 278 g/mol. The summed E-state index contributed by atoms with van der Waals surface area (Å²) in [6.45, 7) is 7.48. The molecule has 110 valence electrons. The predicted octanol–water partition coefficient (Wildman–Crippen LogP) is 3.99. The van der Waals surface area contributed by atoms with Gasteiger partial charge in [-0.2, -0.15) is 0 Å². The van der Waals surface area contributed by atoms with Gasteiger partial charge >= 0.3 is 6.09 Å². The molecule has 1 atom stereocenters. The molecule has 0 fully saturated rings. The van der Waals surface area contributed by atoms with E-state index in [9.17, 15) is 4.79 Å². The zero-order valence-corrected chi connectivity index (χ0v) is 12.4. The summed E-state index contributed by atoms with van der Waals surface area (Å²) in [5.74, 6) is 0.200. The Kier molecular flexibility index (Phi) is 5.55. The van der Waals surface area contributed by atoms with Crippen LogP contribution in [-0.4, -0.2) is 23.1 Å².